The first-order chi connectivity index (χ1) is 10.9. The summed E-state index contributed by atoms with van der Waals surface area (Å²) in [6.45, 7) is 0.477. The lowest BCUT2D eigenvalue weighted by molar-refractivity contribution is 0.814. The number of fused-ring (bicyclic) bond motifs is 1. The van der Waals surface area contributed by atoms with Crippen LogP contribution in [-0.4, -0.2) is 25.5 Å². The van der Waals surface area contributed by atoms with Crippen LogP contribution in [0.1, 0.15) is 5.56 Å². The number of nitrogen functional groups attached to an aromatic ring is 1. The van der Waals surface area contributed by atoms with E-state index in [1.54, 1.807) is 23.0 Å². The van der Waals surface area contributed by atoms with Crippen molar-refractivity contribution in [2.45, 2.75) is 6.54 Å². The molecule has 0 aliphatic carbocycles. The first-order valence-corrected chi connectivity index (χ1v) is 7.21. The summed E-state index contributed by atoms with van der Waals surface area (Å²) in [5, 5.41) is 0.969. The fourth-order valence-corrected chi connectivity index (χ4v) is 2.42. The second-order valence-electron chi connectivity index (χ2n) is 4.74. The third kappa shape index (κ3) is 3.13. The molecule has 0 atom stereocenters. The normalized spacial score (nSPS) is 10.9. The monoisotopic (exact) mass is 350 g/mol. The van der Waals surface area contributed by atoms with Crippen LogP contribution < -0.4 is 17.2 Å². The molecule has 3 rings (SSSR count). The second kappa shape index (κ2) is 5.90. The van der Waals surface area contributed by atoms with E-state index >= 15 is 0 Å². The Morgan fingerprint density at radius 3 is 2.65 bits per heavy atom. The Morgan fingerprint density at radius 1 is 1.17 bits per heavy atom. The summed E-state index contributed by atoms with van der Waals surface area (Å²) in [5.74, 6) is 0.136. The van der Waals surface area contributed by atoms with Crippen LogP contribution in [0.4, 0.5) is 11.8 Å². The molecule has 2 heterocycles. The molecule has 10 heteroatoms. The lowest BCUT2D eigenvalue weighted by atomic mass is 10.2. The molecule has 0 bridgehead atoms. The molecule has 1 aromatic carbocycles. The van der Waals surface area contributed by atoms with Crippen molar-refractivity contribution in [1.82, 2.24) is 19.5 Å². The van der Waals surface area contributed by atoms with Gasteiger partial charge in [0.05, 0.1) is 22.9 Å². The molecule has 0 saturated carbocycles. The number of guanidine groups is 1. The largest absolute Gasteiger partial charge is 0.370 e. The molecule has 6 N–H and O–H groups in total. The highest BCUT2D eigenvalue weighted by atomic mass is 35.5. The molecule has 23 heavy (non-hydrogen) atoms. The molecule has 2 aromatic heterocycles. The molecule has 0 saturated heterocycles. The summed E-state index contributed by atoms with van der Waals surface area (Å²) in [5.41, 5.74) is 18.4. The van der Waals surface area contributed by atoms with Crippen LogP contribution in [0.15, 0.2) is 29.5 Å². The zero-order chi connectivity index (χ0) is 16.6. The summed E-state index contributed by atoms with van der Waals surface area (Å²) >= 11 is 12.0. The van der Waals surface area contributed by atoms with Crippen molar-refractivity contribution in [3.8, 4) is 0 Å². The highest BCUT2D eigenvalue weighted by Crippen LogP contribution is 2.25. The third-order valence-corrected chi connectivity index (χ3v) is 3.77. The topological polar surface area (TPSA) is 134 Å². The van der Waals surface area contributed by atoms with Crippen LogP contribution in [0, 0.1) is 0 Å². The highest BCUT2D eigenvalue weighted by Gasteiger charge is 2.12. The van der Waals surface area contributed by atoms with Crippen LogP contribution in [0.2, 0.25) is 10.0 Å². The van der Waals surface area contributed by atoms with E-state index < -0.39 is 0 Å². The summed E-state index contributed by atoms with van der Waals surface area (Å²) in [7, 11) is 0. The van der Waals surface area contributed by atoms with Gasteiger partial charge in [0, 0.05) is 0 Å². The summed E-state index contributed by atoms with van der Waals surface area (Å²) < 4.78 is 1.79. The minimum Gasteiger partial charge on any atom is -0.370 e. The molecular weight excluding hydrogens is 339 g/mol. The van der Waals surface area contributed by atoms with Crippen molar-refractivity contribution in [1.29, 1.82) is 0 Å². The molecule has 0 aliphatic heterocycles. The molecule has 0 unspecified atom stereocenters. The number of nitrogens with zero attached hydrogens (tertiary/aromatic N) is 5. The first-order valence-electron chi connectivity index (χ1n) is 6.46. The van der Waals surface area contributed by atoms with Gasteiger partial charge >= 0.3 is 0 Å². The lowest BCUT2D eigenvalue weighted by Gasteiger charge is -2.06. The van der Waals surface area contributed by atoms with Crippen molar-refractivity contribution >= 4 is 52.1 Å². The van der Waals surface area contributed by atoms with Gasteiger partial charge in [-0.2, -0.15) is 15.0 Å². The molecular formula is C13H12Cl2N8. The summed E-state index contributed by atoms with van der Waals surface area (Å²) in [4.78, 5) is 16.4. The van der Waals surface area contributed by atoms with E-state index in [9.17, 15) is 0 Å². The maximum atomic E-state index is 6.03. The van der Waals surface area contributed by atoms with Crippen LogP contribution in [0.3, 0.4) is 0 Å². The molecule has 0 amide bonds. The minimum atomic E-state index is -0.136. The zero-order valence-electron chi connectivity index (χ0n) is 11.7. The van der Waals surface area contributed by atoms with Gasteiger partial charge in [-0.25, -0.2) is 4.98 Å². The van der Waals surface area contributed by atoms with E-state index in [4.69, 9.17) is 40.4 Å². The Kier molecular flexibility index (Phi) is 3.93. The highest BCUT2D eigenvalue weighted by molar-refractivity contribution is 6.42. The fraction of sp³-hybridized carbons (Fsp3) is 0.0769. The van der Waals surface area contributed by atoms with Crippen molar-refractivity contribution in [3.63, 3.8) is 0 Å². The number of halogens is 2. The number of nitrogens with two attached hydrogens (primary N) is 3. The van der Waals surface area contributed by atoms with Crippen LogP contribution in [0.25, 0.3) is 11.2 Å². The van der Waals surface area contributed by atoms with E-state index in [1.165, 1.54) is 0 Å². The summed E-state index contributed by atoms with van der Waals surface area (Å²) in [6.07, 6.45) is 1.60. The standard InChI is InChI=1S/C13H12Cl2N8/c14-7-2-1-6(3-8(7)15)4-23-5-19-9-10(20-12(16)17)21-13(18)22-11(9)23/h1-3,5H,4H2,(H6,16,17,18,20,21,22). The lowest BCUT2D eigenvalue weighted by Crippen LogP contribution is -2.22. The molecule has 8 nitrogen and oxygen atoms in total. The SMILES string of the molecule is NC(N)=Nc1nc(N)nc2c1ncn2Cc1ccc(Cl)c(Cl)c1. The van der Waals surface area contributed by atoms with Crippen LogP contribution in [-0.2, 0) is 6.54 Å². The average molecular weight is 351 g/mol. The van der Waals surface area contributed by atoms with Gasteiger partial charge < -0.3 is 21.8 Å². The molecule has 0 fully saturated rings. The Morgan fingerprint density at radius 2 is 1.96 bits per heavy atom. The van der Waals surface area contributed by atoms with Gasteiger partial charge in [0.2, 0.25) is 5.95 Å². The molecule has 118 valence electrons. The second-order valence-corrected chi connectivity index (χ2v) is 5.55. The predicted molar refractivity (Wildman–Crippen MR) is 90.8 cm³/mol. The minimum absolute atomic E-state index is 0.0494. The maximum absolute atomic E-state index is 6.03. The summed E-state index contributed by atoms with van der Waals surface area (Å²) in [6, 6.07) is 5.37. The van der Waals surface area contributed by atoms with E-state index in [0.717, 1.165) is 5.56 Å². The number of imidazole rings is 1. The maximum Gasteiger partial charge on any atom is 0.224 e. The average Bonchev–Trinajstić information content (AvgIpc) is 2.85. The van der Waals surface area contributed by atoms with Crippen molar-refractivity contribution < 1.29 is 0 Å². The number of benzene rings is 1. The number of aliphatic imine (C=N–C) groups is 1. The molecule has 0 radical (unpaired) electrons. The number of anilines is 1. The Balaban J connectivity index is 2.07. The number of rotatable bonds is 3. The van der Waals surface area contributed by atoms with Gasteiger partial charge in [-0.15, -0.1) is 0 Å². The van der Waals surface area contributed by atoms with Gasteiger partial charge in [-0.3, -0.25) is 0 Å². The zero-order valence-corrected chi connectivity index (χ0v) is 13.3. The smallest absolute Gasteiger partial charge is 0.224 e. The van der Waals surface area contributed by atoms with Gasteiger partial charge in [0.1, 0.15) is 0 Å². The van der Waals surface area contributed by atoms with Crippen molar-refractivity contribution in [3.05, 3.63) is 40.1 Å². The number of hydrogen-bond acceptors (Lipinski definition) is 5. The van der Waals surface area contributed by atoms with E-state index in [0.29, 0.717) is 27.8 Å². The van der Waals surface area contributed by atoms with Gasteiger partial charge in [0.15, 0.2) is 22.9 Å². The Hall–Kier alpha value is -2.58. The Labute approximate surface area is 140 Å². The fourth-order valence-electron chi connectivity index (χ4n) is 2.10. The van der Waals surface area contributed by atoms with Gasteiger partial charge in [-0.05, 0) is 17.7 Å². The van der Waals surface area contributed by atoms with E-state index in [1.807, 2.05) is 6.07 Å². The van der Waals surface area contributed by atoms with E-state index in [2.05, 4.69) is 19.9 Å². The number of hydrogen-bond donors (Lipinski definition) is 3. The molecule has 3 aromatic rings. The van der Waals surface area contributed by atoms with Crippen molar-refractivity contribution in [2.75, 3.05) is 5.73 Å². The van der Waals surface area contributed by atoms with Crippen molar-refractivity contribution in [2.24, 2.45) is 16.5 Å². The third-order valence-electron chi connectivity index (χ3n) is 3.03. The van der Waals surface area contributed by atoms with Crippen LogP contribution in [0.5, 0.6) is 0 Å². The predicted octanol–water partition coefficient (Wildman–Crippen LogP) is 1.67. The van der Waals surface area contributed by atoms with Crippen LogP contribution >= 0.6 is 23.2 Å². The van der Waals surface area contributed by atoms with Gasteiger partial charge in [0.25, 0.3) is 0 Å². The molecule has 0 aliphatic rings. The quantitative estimate of drug-likeness (QED) is 0.485. The van der Waals surface area contributed by atoms with Gasteiger partial charge in [-0.1, -0.05) is 29.3 Å². The van der Waals surface area contributed by atoms with E-state index in [-0.39, 0.29) is 17.7 Å². The number of aromatic nitrogens is 4. The first kappa shape index (κ1) is 15.3. The Bertz CT molecular complexity index is 914. The molecule has 0 spiro atoms.